The van der Waals surface area contributed by atoms with Crippen molar-refractivity contribution in [2.24, 2.45) is 0 Å². The van der Waals surface area contributed by atoms with Crippen molar-refractivity contribution in [1.29, 1.82) is 0 Å². The van der Waals surface area contributed by atoms with Gasteiger partial charge in [-0.1, -0.05) is 19.1 Å². The Kier molecular flexibility index (Phi) is 3.88. The van der Waals surface area contributed by atoms with Gasteiger partial charge in [0, 0.05) is 29.7 Å². The number of aryl methyl sites for hydroxylation is 2. The van der Waals surface area contributed by atoms with E-state index in [9.17, 15) is 9.18 Å². The first-order valence-corrected chi connectivity index (χ1v) is 9.01. The minimum absolute atomic E-state index is 0.243. The van der Waals surface area contributed by atoms with E-state index in [1.807, 2.05) is 11.3 Å². The smallest absolute Gasteiger partial charge is 0.271 e. The summed E-state index contributed by atoms with van der Waals surface area (Å²) in [6.07, 6.45) is 3.39. The van der Waals surface area contributed by atoms with Crippen molar-refractivity contribution in [3.05, 3.63) is 62.8 Å². The second-order valence-electron chi connectivity index (χ2n) is 6.08. The molecular formula is C18H17FN4OS. The normalized spacial score (nSPS) is 11.6. The third-order valence-corrected chi connectivity index (χ3v) is 5.40. The van der Waals surface area contributed by atoms with Crippen LogP contribution >= 0.6 is 11.3 Å². The SMILES string of the molecule is CCCn1cc2c(=O)nc3sc(Cc4ccc(F)cc4)c(C)n3c2n1. The summed E-state index contributed by atoms with van der Waals surface area (Å²) in [4.78, 5) is 18.3. The molecule has 1 aromatic carbocycles. The van der Waals surface area contributed by atoms with Gasteiger partial charge in [-0.25, -0.2) is 4.39 Å². The van der Waals surface area contributed by atoms with Crippen molar-refractivity contribution in [2.75, 3.05) is 0 Å². The Morgan fingerprint density at radius 2 is 2.00 bits per heavy atom. The summed E-state index contributed by atoms with van der Waals surface area (Å²) in [5, 5.41) is 5.12. The first-order chi connectivity index (χ1) is 12.1. The molecule has 0 atom stereocenters. The van der Waals surface area contributed by atoms with Crippen LogP contribution in [0.4, 0.5) is 4.39 Å². The van der Waals surface area contributed by atoms with E-state index in [1.54, 1.807) is 23.0 Å². The first kappa shape index (κ1) is 16.0. The molecule has 3 aromatic heterocycles. The van der Waals surface area contributed by atoms with Crippen LogP contribution in [0.25, 0.3) is 16.0 Å². The number of hydrogen-bond donors (Lipinski definition) is 0. The van der Waals surface area contributed by atoms with Crippen LogP contribution in [-0.4, -0.2) is 19.2 Å². The molecule has 0 aliphatic heterocycles. The highest BCUT2D eigenvalue weighted by atomic mass is 32.1. The molecule has 4 aromatic rings. The summed E-state index contributed by atoms with van der Waals surface area (Å²) < 4.78 is 16.9. The maximum absolute atomic E-state index is 13.1. The number of aromatic nitrogens is 4. The molecular weight excluding hydrogens is 339 g/mol. The lowest BCUT2D eigenvalue weighted by Gasteiger charge is -2.01. The van der Waals surface area contributed by atoms with Crippen molar-refractivity contribution in [3.63, 3.8) is 0 Å². The summed E-state index contributed by atoms with van der Waals surface area (Å²) >= 11 is 1.48. The van der Waals surface area contributed by atoms with Crippen molar-refractivity contribution < 1.29 is 4.39 Å². The van der Waals surface area contributed by atoms with Crippen molar-refractivity contribution >= 4 is 27.3 Å². The average Bonchev–Trinajstić information content (AvgIpc) is 3.12. The molecule has 7 heteroatoms. The standard InChI is InChI=1S/C18H17FN4OS/c1-3-8-22-10-14-16(21-22)23-11(2)15(25-18(23)20-17(14)24)9-12-4-6-13(19)7-5-12/h4-7,10H,3,8-9H2,1-2H3. The molecule has 128 valence electrons. The third kappa shape index (κ3) is 2.74. The van der Waals surface area contributed by atoms with Crippen LogP contribution in [0.5, 0.6) is 0 Å². The topological polar surface area (TPSA) is 52.2 Å². The lowest BCUT2D eigenvalue weighted by molar-refractivity contribution is 0.606. The highest BCUT2D eigenvalue weighted by molar-refractivity contribution is 7.17. The minimum Gasteiger partial charge on any atom is -0.271 e. The molecule has 25 heavy (non-hydrogen) atoms. The molecule has 0 N–H and O–H groups in total. The Morgan fingerprint density at radius 1 is 1.24 bits per heavy atom. The molecule has 0 radical (unpaired) electrons. The molecule has 0 saturated heterocycles. The second-order valence-corrected chi connectivity index (χ2v) is 7.14. The highest BCUT2D eigenvalue weighted by Crippen LogP contribution is 2.26. The highest BCUT2D eigenvalue weighted by Gasteiger charge is 2.16. The third-order valence-electron chi connectivity index (χ3n) is 4.26. The Bertz CT molecular complexity index is 1120. The maximum Gasteiger partial charge on any atom is 0.285 e. The Morgan fingerprint density at radius 3 is 2.72 bits per heavy atom. The molecule has 0 bridgehead atoms. The van der Waals surface area contributed by atoms with Crippen molar-refractivity contribution in [3.8, 4) is 0 Å². The van der Waals surface area contributed by atoms with E-state index in [0.717, 1.165) is 29.1 Å². The summed E-state index contributed by atoms with van der Waals surface area (Å²) in [6.45, 7) is 4.84. The molecule has 0 spiro atoms. The van der Waals surface area contributed by atoms with E-state index in [0.29, 0.717) is 22.4 Å². The number of thiazole rings is 1. The zero-order valence-corrected chi connectivity index (χ0v) is 14.8. The number of benzene rings is 1. The van der Waals surface area contributed by atoms with Gasteiger partial charge in [0.2, 0.25) is 0 Å². The average molecular weight is 356 g/mol. The monoisotopic (exact) mass is 356 g/mol. The summed E-state index contributed by atoms with van der Waals surface area (Å²) in [5.41, 5.74) is 2.45. The molecule has 0 aliphatic carbocycles. The van der Waals surface area contributed by atoms with Gasteiger partial charge >= 0.3 is 0 Å². The zero-order valence-electron chi connectivity index (χ0n) is 14.0. The number of halogens is 1. The molecule has 3 heterocycles. The molecule has 0 unspecified atom stereocenters. The Labute approximate surface area is 147 Å². The molecule has 0 fully saturated rings. The Hall–Kier alpha value is -2.54. The van der Waals surface area contributed by atoms with Gasteiger partial charge in [0.25, 0.3) is 5.56 Å². The van der Waals surface area contributed by atoms with E-state index >= 15 is 0 Å². The van der Waals surface area contributed by atoms with E-state index in [2.05, 4.69) is 17.0 Å². The number of fused-ring (bicyclic) bond motifs is 3. The fraction of sp³-hybridized carbons (Fsp3) is 0.278. The predicted octanol–water partition coefficient (Wildman–Crippen LogP) is 3.55. The predicted molar refractivity (Wildman–Crippen MR) is 96.9 cm³/mol. The lowest BCUT2D eigenvalue weighted by atomic mass is 10.1. The van der Waals surface area contributed by atoms with Crippen LogP contribution < -0.4 is 5.56 Å². The molecule has 0 aliphatic rings. The van der Waals surface area contributed by atoms with E-state index < -0.39 is 0 Å². The molecule has 4 rings (SSSR count). The van der Waals surface area contributed by atoms with Gasteiger partial charge in [0.05, 0.1) is 0 Å². The van der Waals surface area contributed by atoms with Gasteiger partial charge in [-0.15, -0.1) is 11.3 Å². The second kappa shape index (κ2) is 6.07. The minimum atomic E-state index is -0.244. The van der Waals surface area contributed by atoms with E-state index in [4.69, 9.17) is 0 Å². The number of rotatable bonds is 4. The van der Waals surface area contributed by atoms with E-state index in [-0.39, 0.29) is 11.4 Å². The molecule has 5 nitrogen and oxygen atoms in total. The van der Waals surface area contributed by atoms with Gasteiger partial charge in [-0.2, -0.15) is 10.1 Å². The maximum atomic E-state index is 13.1. The Balaban J connectivity index is 1.87. The van der Waals surface area contributed by atoms with Gasteiger partial charge in [-0.05, 0) is 31.0 Å². The fourth-order valence-electron chi connectivity index (χ4n) is 2.99. The van der Waals surface area contributed by atoms with Crippen LogP contribution in [0.2, 0.25) is 0 Å². The van der Waals surface area contributed by atoms with Crippen LogP contribution in [0, 0.1) is 12.7 Å². The number of hydrogen-bond acceptors (Lipinski definition) is 4. The lowest BCUT2D eigenvalue weighted by Crippen LogP contribution is -2.08. The largest absolute Gasteiger partial charge is 0.285 e. The molecule has 0 saturated carbocycles. The quantitative estimate of drug-likeness (QED) is 0.562. The van der Waals surface area contributed by atoms with Crippen LogP contribution in [0.1, 0.15) is 29.5 Å². The van der Waals surface area contributed by atoms with Crippen molar-refractivity contribution in [2.45, 2.75) is 33.2 Å². The fourth-order valence-corrected chi connectivity index (χ4v) is 4.13. The summed E-state index contributed by atoms with van der Waals surface area (Å²) in [7, 11) is 0. The van der Waals surface area contributed by atoms with E-state index in [1.165, 1.54) is 23.5 Å². The van der Waals surface area contributed by atoms with Crippen molar-refractivity contribution in [1.82, 2.24) is 19.2 Å². The summed E-state index contributed by atoms with van der Waals surface area (Å²) in [6, 6.07) is 6.48. The van der Waals surface area contributed by atoms with Crippen LogP contribution in [0.15, 0.2) is 35.3 Å². The van der Waals surface area contributed by atoms with Crippen LogP contribution in [-0.2, 0) is 13.0 Å². The number of nitrogens with zero attached hydrogens (tertiary/aromatic N) is 4. The van der Waals surface area contributed by atoms with Gasteiger partial charge in [0.15, 0.2) is 10.6 Å². The molecule has 0 amide bonds. The zero-order chi connectivity index (χ0) is 17.6. The van der Waals surface area contributed by atoms with Gasteiger partial charge < -0.3 is 0 Å². The van der Waals surface area contributed by atoms with Gasteiger partial charge in [-0.3, -0.25) is 13.9 Å². The summed E-state index contributed by atoms with van der Waals surface area (Å²) in [5.74, 6) is -0.243. The van der Waals surface area contributed by atoms with Crippen LogP contribution in [0.3, 0.4) is 0 Å². The van der Waals surface area contributed by atoms with Gasteiger partial charge in [0.1, 0.15) is 11.2 Å². The first-order valence-electron chi connectivity index (χ1n) is 8.19.